The predicted molar refractivity (Wildman–Crippen MR) is 97.7 cm³/mol. The Hall–Kier alpha value is -1.59. The lowest BCUT2D eigenvalue weighted by atomic mass is 10.1. The molecule has 0 saturated heterocycles. The van der Waals surface area contributed by atoms with Gasteiger partial charge < -0.3 is 4.57 Å². The van der Waals surface area contributed by atoms with Gasteiger partial charge in [-0.1, -0.05) is 93.4 Å². The molecule has 2 aromatic carbocycles. The maximum atomic E-state index is 13.9. The van der Waals surface area contributed by atoms with E-state index in [-0.39, 0.29) is 0 Å². The molecule has 0 aliphatic heterocycles. The molecule has 0 aliphatic carbocycles. The molecule has 1 nitrogen and oxygen atoms in total. The maximum Gasteiger partial charge on any atom is 0.166 e. The number of unbranched alkanes of at least 4 members (excludes halogenated alkanes) is 3. The molecule has 0 aliphatic rings. The van der Waals surface area contributed by atoms with Crippen LogP contribution in [0, 0.1) is 0 Å². The van der Waals surface area contributed by atoms with E-state index >= 15 is 0 Å². The van der Waals surface area contributed by atoms with E-state index in [1.807, 2.05) is 60.7 Å². The van der Waals surface area contributed by atoms with Crippen LogP contribution in [0.15, 0.2) is 72.6 Å². The molecule has 2 aromatic rings. The predicted octanol–water partition coefficient (Wildman–Crippen LogP) is 5.48. The molecule has 0 fully saturated rings. The van der Waals surface area contributed by atoms with Crippen molar-refractivity contribution in [2.45, 2.75) is 39.0 Å². The fraction of sp³-hybridized carbons (Fsp3) is 0.300. The molecular weight excluding hydrogens is 287 g/mol. The summed E-state index contributed by atoms with van der Waals surface area (Å²) in [7, 11) is -2.76. The first kappa shape index (κ1) is 16.8. The van der Waals surface area contributed by atoms with E-state index in [1.54, 1.807) is 0 Å². The van der Waals surface area contributed by atoms with E-state index in [0.29, 0.717) is 0 Å². The molecule has 2 heteroatoms. The molecule has 116 valence electrons. The molecule has 2 rings (SSSR count). The van der Waals surface area contributed by atoms with E-state index in [0.717, 1.165) is 28.8 Å². The van der Waals surface area contributed by atoms with Crippen LogP contribution in [0.25, 0.3) is 0 Å². The monoisotopic (exact) mass is 312 g/mol. The van der Waals surface area contributed by atoms with Gasteiger partial charge in [0.1, 0.15) is 0 Å². The summed E-state index contributed by atoms with van der Waals surface area (Å²) in [5, 5.41) is 2.66. The number of allylic oxidation sites excluding steroid dienone is 1. The Morgan fingerprint density at radius 1 is 0.864 bits per heavy atom. The highest BCUT2D eigenvalue weighted by Gasteiger charge is 2.29. The van der Waals surface area contributed by atoms with Crippen molar-refractivity contribution >= 4 is 17.8 Å². The summed E-state index contributed by atoms with van der Waals surface area (Å²) in [6, 6.07) is 19.6. The van der Waals surface area contributed by atoms with Crippen LogP contribution in [-0.4, -0.2) is 0 Å². The molecule has 0 unspecified atom stereocenters. The summed E-state index contributed by atoms with van der Waals surface area (Å²) in [6.45, 7) is 6.42. The first-order valence-electron chi connectivity index (χ1n) is 8.09. The quantitative estimate of drug-likeness (QED) is 0.465. The molecule has 0 saturated carbocycles. The molecule has 0 radical (unpaired) electrons. The van der Waals surface area contributed by atoms with Crippen LogP contribution in [0.1, 0.15) is 39.0 Å². The standard InChI is InChI=1S/C20H25OP/c1-3-4-5-8-13-18(2)22(21,19-14-9-6-10-15-19)20-16-11-7-12-17-20/h6-7,9-12,14-17H,2-5,8,13H2,1H3. The first-order valence-corrected chi connectivity index (χ1v) is 9.80. The van der Waals surface area contributed by atoms with Crippen molar-refractivity contribution in [2.75, 3.05) is 0 Å². The first-order chi connectivity index (χ1) is 10.7. The minimum Gasteiger partial charge on any atom is -0.309 e. The van der Waals surface area contributed by atoms with Gasteiger partial charge in [-0.2, -0.15) is 0 Å². The Morgan fingerprint density at radius 3 is 1.82 bits per heavy atom. The Morgan fingerprint density at radius 2 is 1.36 bits per heavy atom. The SMILES string of the molecule is C=C(CCCCCC)P(=O)(c1ccccc1)c1ccccc1. The lowest BCUT2D eigenvalue weighted by Gasteiger charge is -2.22. The zero-order valence-corrected chi connectivity index (χ0v) is 14.3. The summed E-state index contributed by atoms with van der Waals surface area (Å²) in [5.41, 5.74) is 0. The van der Waals surface area contributed by atoms with Gasteiger partial charge in [-0.15, -0.1) is 0 Å². The van der Waals surface area contributed by atoms with E-state index in [4.69, 9.17) is 0 Å². The van der Waals surface area contributed by atoms with Gasteiger partial charge in [0, 0.05) is 10.6 Å². The third-order valence-electron chi connectivity index (χ3n) is 4.00. The van der Waals surface area contributed by atoms with E-state index < -0.39 is 7.14 Å². The molecule has 0 N–H and O–H groups in total. The van der Waals surface area contributed by atoms with Gasteiger partial charge in [0.25, 0.3) is 0 Å². The zero-order valence-electron chi connectivity index (χ0n) is 13.4. The Labute approximate surface area is 134 Å². The number of hydrogen-bond acceptors (Lipinski definition) is 1. The highest BCUT2D eigenvalue weighted by atomic mass is 31.2. The van der Waals surface area contributed by atoms with Gasteiger partial charge in [-0.05, 0) is 18.2 Å². The van der Waals surface area contributed by atoms with Crippen LogP contribution < -0.4 is 10.6 Å². The second kappa shape index (κ2) is 8.15. The summed E-state index contributed by atoms with van der Waals surface area (Å²) in [5.74, 6) is 0. The normalized spacial score (nSPS) is 11.3. The van der Waals surface area contributed by atoms with Gasteiger partial charge in [-0.3, -0.25) is 0 Å². The van der Waals surface area contributed by atoms with Crippen LogP contribution in [0.2, 0.25) is 0 Å². The van der Waals surface area contributed by atoms with Crippen LogP contribution in [-0.2, 0) is 4.57 Å². The second-order valence-corrected chi connectivity index (χ2v) is 8.54. The fourth-order valence-electron chi connectivity index (χ4n) is 2.70. The summed E-state index contributed by atoms with van der Waals surface area (Å²) < 4.78 is 13.9. The average molecular weight is 312 g/mol. The average Bonchev–Trinajstić information content (AvgIpc) is 2.59. The van der Waals surface area contributed by atoms with Gasteiger partial charge in [0.2, 0.25) is 0 Å². The highest BCUT2D eigenvalue weighted by molar-refractivity contribution is 7.82. The summed E-state index contributed by atoms with van der Waals surface area (Å²) in [6.07, 6.45) is 5.52. The minimum absolute atomic E-state index is 0.834. The summed E-state index contributed by atoms with van der Waals surface area (Å²) >= 11 is 0. The van der Waals surface area contributed by atoms with E-state index in [2.05, 4.69) is 13.5 Å². The molecule has 0 amide bonds. The van der Waals surface area contributed by atoms with Gasteiger partial charge in [-0.25, -0.2) is 0 Å². The number of benzene rings is 2. The maximum absolute atomic E-state index is 13.9. The van der Waals surface area contributed by atoms with Crippen LogP contribution in [0.5, 0.6) is 0 Å². The van der Waals surface area contributed by atoms with Crippen molar-refractivity contribution in [2.24, 2.45) is 0 Å². The molecular formula is C20H25OP. The molecule has 0 aromatic heterocycles. The summed E-state index contributed by atoms with van der Waals surface area (Å²) in [4.78, 5) is 0. The molecule has 22 heavy (non-hydrogen) atoms. The Bertz CT molecular complexity index is 588. The minimum atomic E-state index is -2.76. The van der Waals surface area contributed by atoms with Crippen LogP contribution >= 0.6 is 7.14 Å². The van der Waals surface area contributed by atoms with Crippen molar-refractivity contribution in [3.63, 3.8) is 0 Å². The molecule has 0 heterocycles. The van der Waals surface area contributed by atoms with Gasteiger partial charge >= 0.3 is 0 Å². The van der Waals surface area contributed by atoms with Crippen molar-refractivity contribution in [3.8, 4) is 0 Å². The smallest absolute Gasteiger partial charge is 0.166 e. The van der Waals surface area contributed by atoms with Crippen LogP contribution in [0.3, 0.4) is 0 Å². The van der Waals surface area contributed by atoms with Crippen molar-refractivity contribution in [1.29, 1.82) is 0 Å². The lowest BCUT2D eigenvalue weighted by Crippen LogP contribution is -2.17. The van der Waals surface area contributed by atoms with Gasteiger partial charge in [0.05, 0.1) is 0 Å². The Kier molecular flexibility index (Phi) is 6.21. The van der Waals surface area contributed by atoms with Crippen molar-refractivity contribution < 1.29 is 4.57 Å². The third-order valence-corrected chi connectivity index (χ3v) is 7.17. The van der Waals surface area contributed by atoms with Crippen molar-refractivity contribution in [1.82, 2.24) is 0 Å². The topological polar surface area (TPSA) is 17.1 Å². The third kappa shape index (κ3) is 3.78. The molecule has 0 spiro atoms. The second-order valence-electron chi connectivity index (χ2n) is 5.66. The van der Waals surface area contributed by atoms with Gasteiger partial charge in [0.15, 0.2) is 7.14 Å². The zero-order chi connectivity index (χ0) is 15.8. The fourth-order valence-corrected chi connectivity index (χ4v) is 5.39. The van der Waals surface area contributed by atoms with Crippen LogP contribution in [0.4, 0.5) is 0 Å². The highest BCUT2D eigenvalue weighted by Crippen LogP contribution is 2.52. The molecule has 0 bridgehead atoms. The molecule has 0 atom stereocenters. The number of rotatable bonds is 8. The largest absolute Gasteiger partial charge is 0.309 e. The lowest BCUT2D eigenvalue weighted by molar-refractivity contribution is 0.588. The van der Waals surface area contributed by atoms with E-state index in [9.17, 15) is 4.57 Å². The van der Waals surface area contributed by atoms with Crippen molar-refractivity contribution in [3.05, 3.63) is 72.6 Å². The Balaban J connectivity index is 2.31. The van der Waals surface area contributed by atoms with E-state index in [1.165, 1.54) is 19.3 Å². The number of hydrogen-bond donors (Lipinski definition) is 0.